The van der Waals surface area contributed by atoms with E-state index in [4.69, 9.17) is 16.3 Å². The first kappa shape index (κ1) is 11.2. The molecule has 0 bridgehead atoms. The number of ether oxygens (including phenoxy) is 1. The van der Waals surface area contributed by atoms with E-state index in [1.165, 1.54) is 0 Å². The Morgan fingerprint density at radius 1 is 1.46 bits per heavy atom. The van der Waals surface area contributed by atoms with Crippen molar-refractivity contribution in [3.05, 3.63) is 5.01 Å². The summed E-state index contributed by atoms with van der Waals surface area (Å²) in [6.45, 7) is 3.29. The fourth-order valence-electron chi connectivity index (χ4n) is 0.681. The fourth-order valence-corrected chi connectivity index (χ4v) is 2.53. The molecule has 13 heavy (non-hydrogen) atoms. The van der Waals surface area contributed by atoms with E-state index in [0.29, 0.717) is 12.5 Å². The highest BCUT2D eigenvalue weighted by Crippen LogP contribution is 2.21. The summed E-state index contributed by atoms with van der Waals surface area (Å²) in [5.74, 6) is 1.47. The Balaban J connectivity index is 2.06. The van der Waals surface area contributed by atoms with Crippen molar-refractivity contribution < 1.29 is 4.74 Å². The minimum absolute atomic E-state index is 0.558. The molecule has 0 amide bonds. The van der Waals surface area contributed by atoms with Crippen molar-refractivity contribution in [3.63, 3.8) is 0 Å². The van der Waals surface area contributed by atoms with Crippen LogP contribution in [0, 0.1) is 6.92 Å². The first-order chi connectivity index (χ1) is 6.33. The van der Waals surface area contributed by atoms with Crippen molar-refractivity contribution in [2.45, 2.75) is 11.3 Å². The molecule has 1 rings (SSSR count). The summed E-state index contributed by atoms with van der Waals surface area (Å²) in [5, 5.41) is 8.90. The van der Waals surface area contributed by atoms with Gasteiger partial charge < -0.3 is 4.74 Å². The zero-order chi connectivity index (χ0) is 9.52. The van der Waals surface area contributed by atoms with Crippen molar-refractivity contribution in [1.82, 2.24) is 10.2 Å². The lowest BCUT2D eigenvalue weighted by molar-refractivity contribution is 0.166. The number of thioether (sulfide) groups is 1. The van der Waals surface area contributed by atoms with Crippen LogP contribution in [-0.4, -0.2) is 35.0 Å². The van der Waals surface area contributed by atoms with E-state index in [9.17, 15) is 0 Å². The van der Waals surface area contributed by atoms with E-state index >= 15 is 0 Å². The molecule has 0 saturated carbocycles. The number of rotatable bonds is 6. The monoisotopic (exact) mass is 238 g/mol. The topological polar surface area (TPSA) is 35.0 Å². The van der Waals surface area contributed by atoms with Crippen molar-refractivity contribution in [3.8, 4) is 0 Å². The first-order valence-electron chi connectivity index (χ1n) is 3.89. The summed E-state index contributed by atoms with van der Waals surface area (Å²) in [4.78, 5) is 0. The maximum Gasteiger partial charge on any atom is 0.174 e. The summed E-state index contributed by atoms with van der Waals surface area (Å²) in [6, 6.07) is 0. The van der Waals surface area contributed by atoms with Gasteiger partial charge in [0.2, 0.25) is 0 Å². The Bertz CT molecular complexity index is 244. The van der Waals surface area contributed by atoms with E-state index in [1.54, 1.807) is 23.1 Å². The molecule has 0 aliphatic heterocycles. The highest BCUT2D eigenvalue weighted by Gasteiger charge is 1.99. The molecule has 0 N–H and O–H groups in total. The number of aromatic nitrogens is 2. The van der Waals surface area contributed by atoms with Crippen LogP contribution in [0.15, 0.2) is 4.34 Å². The van der Waals surface area contributed by atoms with Gasteiger partial charge in [0.15, 0.2) is 4.34 Å². The van der Waals surface area contributed by atoms with Crippen LogP contribution >= 0.6 is 34.7 Å². The lowest BCUT2D eigenvalue weighted by atomic mass is 10.8. The molecule has 0 atom stereocenters. The molecule has 0 saturated heterocycles. The van der Waals surface area contributed by atoms with Gasteiger partial charge in [-0.25, -0.2) is 0 Å². The molecule has 6 heteroatoms. The number of halogens is 1. The van der Waals surface area contributed by atoms with Crippen LogP contribution in [-0.2, 0) is 4.74 Å². The predicted molar refractivity (Wildman–Crippen MR) is 56.9 cm³/mol. The average Bonchev–Trinajstić information content (AvgIpc) is 2.51. The highest BCUT2D eigenvalue weighted by molar-refractivity contribution is 8.01. The molecule has 0 aromatic carbocycles. The summed E-state index contributed by atoms with van der Waals surface area (Å²) in [7, 11) is 0. The van der Waals surface area contributed by atoms with Gasteiger partial charge in [0.1, 0.15) is 5.01 Å². The van der Waals surface area contributed by atoms with Crippen molar-refractivity contribution in [2.75, 3.05) is 24.8 Å². The summed E-state index contributed by atoms with van der Waals surface area (Å²) >= 11 is 8.73. The normalized spacial score (nSPS) is 10.6. The van der Waals surface area contributed by atoms with Crippen LogP contribution in [0.1, 0.15) is 5.01 Å². The fraction of sp³-hybridized carbons (Fsp3) is 0.714. The van der Waals surface area contributed by atoms with Gasteiger partial charge >= 0.3 is 0 Å². The Morgan fingerprint density at radius 2 is 2.31 bits per heavy atom. The zero-order valence-corrected chi connectivity index (χ0v) is 9.71. The third kappa shape index (κ3) is 4.81. The quantitative estimate of drug-likeness (QED) is 0.432. The summed E-state index contributed by atoms with van der Waals surface area (Å²) in [5.41, 5.74) is 0. The Morgan fingerprint density at radius 3 is 2.92 bits per heavy atom. The Hall–Kier alpha value is 0.160. The maximum atomic E-state index is 5.45. The van der Waals surface area contributed by atoms with Gasteiger partial charge in [0.25, 0.3) is 0 Å². The summed E-state index contributed by atoms with van der Waals surface area (Å²) in [6.07, 6.45) is 0. The number of hydrogen-bond donors (Lipinski definition) is 0. The van der Waals surface area contributed by atoms with E-state index in [0.717, 1.165) is 21.7 Å². The van der Waals surface area contributed by atoms with E-state index < -0.39 is 0 Å². The second-order valence-corrected chi connectivity index (χ2v) is 5.14. The van der Waals surface area contributed by atoms with Crippen molar-refractivity contribution in [2.24, 2.45) is 0 Å². The lowest BCUT2D eigenvalue weighted by Crippen LogP contribution is -1.99. The lowest BCUT2D eigenvalue weighted by Gasteiger charge is -1.98. The van der Waals surface area contributed by atoms with Gasteiger partial charge in [-0.3, -0.25) is 0 Å². The highest BCUT2D eigenvalue weighted by atomic mass is 35.5. The summed E-state index contributed by atoms with van der Waals surface area (Å²) < 4.78 is 6.22. The molecule has 0 spiro atoms. The standard InChI is InChI=1S/C7H11ClN2OS2/c1-6-9-10-7(13-6)12-5-4-11-3-2-8/h2-5H2,1H3. The average molecular weight is 239 g/mol. The van der Waals surface area contributed by atoms with Crippen LogP contribution in [0.5, 0.6) is 0 Å². The van der Waals surface area contributed by atoms with Crippen LogP contribution < -0.4 is 0 Å². The third-order valence-corrected chi connectivity index (χ3v) is 3.27. The molecule has 0 aliphatic carbocycles. The molecule has 0 radical (unpaired) electrons. The number of hydrogen-bond acceptors (Lipinski definition) is 5. The van der Waals surface area contributed by atoms with Gasteiger partial charge in [-0.1, -0.05) is 23.1 Å². The van der Waals surface area contributed by atoms with Gasteiger partial charge in [-0.05, 0) is 6.92 Å². The molecule has 3 nitrogen and oxygen atoms in total. The van der Waals surface area contributed by atoms with Crippen LogP contribution in [0.2, 0.25) is 0 Å². The second-order valence-electron chi connectivity index (χ2n) is 2.24. The molecule has 1 aromatic heterocycles. The van der Waals surface area contributed by atoms with Gasteiger partial charge in [0.05, 0.1) is 13.2 Å². The largest absolute Gasteiger partial charge is 0.379 e. The predicted octanol–water partition coefficient (Wildman–Crippen LogP) is 2.19. The van der Waals surface area contributed by atoms with E-state index in [1.807, 2.05) is 6.92 Å². The number of aryl methyl sites for hydroxylation is 1. The third-order valence-electron chi connectivity index (χ3n) is 1.18. The second kappa shape index (κ2) is 6.59. The molecular formula is C7H11ClN2OS2. The molecule has 0 aliphatic rings. The molecule has 0 unspecified atom stereocenters. The van der Waals surface area contributed by atoms with Gasteiger partial charge in [-0.15, -0.1) is 21.8 Å². The zero-order valence-electron chi connectivity index (χ0n) is 7.33. The van der Waals surface area contributed by atoms with Crippen LogP contribution in [0.3, 0.4) is 0 Å². The van der Waals surface area contributed by atoms with Crippen LogP contribution in [0.25, 0.3) is 0 Å². The first-order valence-corrected chi connectivity index (χ1v) is 6.23. The van der Waals surface area contributed by atoms with Crippen molar-refractivity contribution >= 4 is 34.7 Å². The minimum Gasteiger partial charge on any atom is -0.379 e. The molecular weight excluding hydrogens is 228 g/mol. The molecule has 1 heterocycles. The van der Waals surface area contributed by atoms with Crippen molar-refractivity contribution in [1.29, 1.82) is 0 Å². The SMILES string of the molecule is Cc1nnc(SCCOCCCl)s1. The van der Waals surface area contributed by atoms with E-state index in [-0.39, 0.29) is 0 Å². The maximum absolute atomic E-state index is 5.45. The minimum atomic E-state index is 0.558. The van der Waals surface area contributed by atoms with E-state index in [2.05, 4.69) is 10.2 Å². The number of alkyl halides is 1. The number of nitrogens with zero attached hydrogens (tertiary/aromatic N) is 2. The van der Waals surface area contributed by atoms with Gasteiger partial charge in [0, 0.05) is 11.6 Å². The van der Waals surface area contributed by atoms with Gasteiger partial charge in [-0.2, -0.15) is 0 Å². The van der Waals surface area contributed by atoms with Crippen LogP contribution in [0.4, 0.5) is 0 Å². The Kier molecular flexibility index (Phi) is 5.70. The molecule has 1 aromatic rings. The molecule has 0 fully saturated rings. The Labute approximate surface area is 90.8 Å². The smallest absolute Gasteiger partial charge is 0.174 e. The molecule has 74 valence electrons.